The van der Waals surface area contributed by atoms with Crippen LogP contribution in [0, 0.1) is 5.82 Å². The number of benzene rings is 1. The minimum absolute atomic E-state index is 0.0403. The van der Waals surface area contributed by atoms with Crippen molar-refractivity contribution in [1.29, 1.82) is 0 Å². The zero-order valence-corrected chi connectivity index (χ0v) is 16.3. The number of hydrogen-bond acceptors (Lipinski definition) is 2. The summed E-state index contributed by atoms with van der Waals surface area (Å²) in [7, 11) is 0. The molecular weight excluding hydrogens is 353 g/mol. The Morgan fingerprint density at radius 3 is 2.42 bits per heavy atom. The molecule has 4 nitrogen and oxygen atoms in total. The molecule has 1 aliphatic rings. The zero-order chi connectivity index (χ0) is 19.1. The van der Waals surface area contributed by atoms with Gasteiger partial charge in [0.25, 0.3) is 5.91 Å². The molecule has 6 heteroatoms. The van der Waals surface area contributed by atoms with E-state index in [9.17, 15) is 9.18 Å². The number of rotatable bonds is 3. The molecule has 0 saturated carbocycles. The first-order valence-corrected chi connectivity index (χ1v) is 9.17. The van der Waals surface area contributed by atoms with Crippen molar-refractivity contribution in [2.24, 2.45) is 0 Å². The van der Waals surface area contributed by atoms with Crippen LogP contribution in [0.3, 0.4) is 0 Å². The fraction of sp³-hybridized carbons (Fsp3) is 0.450. The predicted molar refractivity (Wildman–Crippen MR) is 103 cm³/mol. The van der Waals surface area contributed by atoms with E-state index in [2.05, 4.69) is 43.3 Å². The lowest BCUT2D eigenvalue weighted by atomic mass is 9.79. The molecule has 26 heavy (non-hydrogen) atoms. The molecule has 2 heterocycles. The lowest BCUT2D eigenvalue weighted by Crippen LogP contribution is -2.62. The van der Waals surface area contributed by atoms with Crippen molar-refractivity contribution in [2.75, 3.05) is 0 Å². The monoisotopic (exact) mass is 377 g/mol. The number of piperidine rings is 1. The Hall–Kier alpha value is -1.85. The Labute approximate surface area is 158 Å². The smallest absolute Gasteiger partial charge is 0.267 e. The van der Waals surface area contributed by atoms with Gasteiger partial charge in [0.15, 0.2) is 0 Å². The Bertz CT molecular complexity index is 812. The molecule has 1 saturated heterocycles. The van der Waals surface area contributed by atoms with Gasteiger partial charge >= 0.3 is 0 Å². The molecule has 2 aromatic rings. The van der Waals surface area contributed by atoms with Gasteiger partial charge in [-0.15, -0.1) is 0 Å². The van der Waals surface area contributed by atoms with E-state index in [4.69, 9.17) is 11.6 Å². The molecule has 3 N–H and O–H groups in total. The van der Waals surface area contributed by atoms with Gasteiger partial charge in [-0.05, 0) is 64.8 Å². The minimum Gasteiger partial charge on any atom is -0.351 e. The van der Waals surface area contributed by atoms with E-state index in [1.807, 2.05) is 0 Å². The third-order valence-electron chi connectivity index (χ3n) is 4.69. The average Bonchev–Trinajstić information content (AvgIpc) is 2.96. The number of hydrogen-bond donors (Lipinski definition) is 3. The number of halogens is 2. The van der Waals surface area contributed by atoms with Gasteiger partial charge in [0.1, 0.15) is 11.5 Å². The molecule has 1 amide bonds. The largest absolute Gasteiger partial charge is 0.351 e. The first kappa shape index (κ1) is 18.9. The van der Waals surface area contributed by atoms with Gasteiger partial charge in [0.2, 0.25) is 0 Å². The lowest BCUT2D eigenvalue weighted by Gasteiger charge is -2.46. The van der Waals surface area contributed by atoms with Gasteiger partial charge in [-0.1, -0.05) is 17.7 Å². The summed E-state index contributed by atoms with van der Waals surface area (Å²) in [5, 5.41) is 6.81. The molecule has 1 aromatic carbocycles. The highest BCUT2D eigenvalue weighted by atomic mass is 35.5. The van der Waals surface area contributed by atoms with E-state index in [1.54, 1.807) is 18.2 Å². The second-order valence-electron chi connectivity index (χ2n) is 8.39. The number of nitrogens with one attached hydrogen (secondary N) is 3. The molecule has 0 radical (unpaired) electrons. The molecule has 0 unspecified atom stereocenters. The number of H-pyrrole nitrogens is 1. The summed E-state index contributed by atoms with van der Waals surface area (Å²) in [6.45, 7) is 8.59. The number of carbonyl (C=O) groups excluding carboxylic acids is 1. The van der Waals surface area contributed by atoms with E-state index in [1.165, 1.54) is 12.1 Å². The van der Waals surface area contributed by atoms with Crippen LogP contribution in [0.4, 0.5) is 4.39 Å². The van der Waals surface area contributed by atoms with E-state index in [-0.39, 0.29) is 28.0 Å². The maximum absolute atomic E-state index is 13.7. The molecule has 0 aliphatic carbocycles. The van der Waals surface area contributed by atoms with Gasteiger partial charge in [-0.2, -0.15) is 0 Å². The molecule has 1 aromatic heterocycles. The maximum Gasteiger partial charge on any atom is 0.267 e. The third kappa shape index (κ3) is 4.27. The fourth-order valence-electron chi connectivity index (χ4n) is 4.05. The summed E-state index contributed by atoms with van der Waals surface area (Å²) >= 11 is 5.72. The summed E-state index contributed by atoms with van der Waals surface area (Å²) in [5.41, 5.74) is 1.71. The molecular formula is C20H25ClFN3O. The molecule has 0 spiro atoms. The lowest BCUT2D eigenvalue weighted by molar-refractivity contribution is 0.0869. The van der Waals surface area contributed by atoms with Crippen molar-refractivity contribution in [1.82, 2.24) is 15.6 Å². The van der Waals surface area contributed by atoms with Crippen molar-refractivity contribution < 1.29 is 9.18 Å². The summed E-state index contributed by atoms with van der Waals surface area (Å²) in [4.78, 5) is 15.7. The van der Waals surface area contributed by atoms with Crippen LogP contribution in [0.15, 0.2) is 30.3 Å². The summed E-state index contributed by atoms with van der Waals surface area (Å²) in [6, 6.07) is 8.16. The van der Waals surface area contributed by atoms with Crippen LogP contribution >= 0.6 is 11.6 Å². The first-order chi connectivity index (χ1) is 12.0. The minimum atomic E-state index is -0.482. The highest BCUT2D eigenvalue weighted by Crippen LogP contribution is 2.29. The molecule has 1 aliphatic heterocycles. The Kier molecular flexibility index (Phi) is 4.88. The van der Waals surface area contributed by atoms with E-state index < -0.39 is 5.82 Å². The zero-order valence-electron chi connectivity index (χ0n) is 15.5. The number of carbonyl (C=O) groups is 1. The second kappa shape index (κ2) is 6.71. The molecule has 1 fully saturated rings. The van der Waals surface area contributed by atoms with Crippen LogP contribution in [0.5, 0.6) is 0 Å². The van der Waals surface area contributed by atoms with Gasteiger partial charge in [0.05, 0.1) is 5.02 Å². The number of aromatic nitrogens is 1. The van der Waals surface area contributed by atoms with Crippen LogP contribution in [-0.2, 0) is 0 Å². The second-order valence-corrected chi connectivity index (χ2v) is 8.79. The van der Waals surface area contributed by atoms with Crippen molar-refractivity contribution in [3.05, 3.63) is 46.9 Å². The molecule has 3 rings (SSSR count). The average molecular weight is 378 g/mol. The maximum atomic E-state index is 13.7. The summed E-state index contributed by atoms with van der Waals surface area (Å²) in [5.74, 6) is -0.631. The standard InChI is InChI=1S/C20H25ClFN3O/c1-19(2)10-13(11-20(3,4)25-19)23-18(26)17-8-7-16(24-17)12-5-6-14(21)15(22)9-12/h5-9,13,24-25H,10-11H2,1-4H3,(H,23,26). The Morgan fingerprint density at radius 2 is 1.81 bits per heavy atom. The molecule has 0 atom stereocenters. The van der Waals surface area contributed by atoms with Crippen molar-refractivity contribution in [2.45, 2.75) is 57.7 Å². The van der Waals surface area contributed by atoms with E-state index in [0.717, 1.165) is 12.8 Å². The van der Waals surface area contributed by atoms with Crippen LogP contribution in [0.2, 0.25) is 5.02 Å². The van der Waals surface area contributed by atoms with Gasteiger partial charge in [-0.25, -0.2) is 4.39 Å². The van der Waals surface area contributed by atoms with Crippen molar-refractivity contribution >= 4 is 17.5 Å². The number of aromatic amines is 1. The van der Waals surface area contributed by atoms with Crippen LogP contribution in [-0.4, -0.2) is 28.0 Å². The van der Waals surface area contributed by atoms with Gasteiger partial charge in [0, 0.05) is 28.4 Å². The summed E-state index contributed by atoms with van der Waals surface area (Å²) in [6.07, 6.45) is 1.72. The Morgan fingerprint density at radius 1 is 1.15 bits per heavy atom. The fourth-order valence-corrected chi connectivity index (χ4v) is 4.16. The highest BCUT2D eigenvalue weighted by Gasteiger charge is 2.38. The van der Waals surface area contributed by atoms with Gasteiger partial charge < -0.3 is 15.6 Å². The normalized spacial score (nSPS) is 19.3. The van der Waals surface area contributed by atoms with E-state index in [0.29, 0.717) is 17.0 Å². The van der Waals surface area contributed by atoms with Crippen molar-refractivity contribution in [3.63, 3.8) is 0 Å². The first-order valence-electron chi connectivity index (χ1n) is 8.79. The molecule has 0 bridgehead atoms. The van der Waals surface area contributed by atoms with Crippen LogP contribution < -0.4 is 10.6 Å². The van der Waals surface area contributed by atoms with Crippen LogP contribution in [0.25, 0.3) is 11.3 Å². The third-order valence-corrected chi connectivity index (χ3v) is 4.99. The predicted octanol–water partition coefficient (Wildman–Crippen LogP) is 4.51. The number of amides is 1. The SMILES string of the molecule is CC1(C)CC(NC(=O)c2ccc(-c3ccc(Cl)c(F)c3)[nH]2)CC(C)(C)N1. The topological polar surface area (TPSA) is 56.9 Å². The molecule has 140 valence electrons. The summed E-state index contributed by atoms with van der Waals surface area (Å²) < 4.78 is 13.7. The Balaban J connectivity index is 1.73. The van der Waals surface area contributed by atoms with E-state index >= 15 is 0 Å². The quantitative estimate of drug-likeness (QED) is 0.736. The highest BCUT2D eigenvalue weighted by molar-refractivity contribution is 6.30. The van der Waals surface area contributed by atoms with Crippen LogP contribution in [0.1, 0.15) is 51.0 Å². The van der Waals surface area contributed by atoms with Crippen molar-refractivity contribution in [3.8, 4) is 11.3 Å². The van der Waals surface area contributed by atoms with Gasteiger partial charge in [-0.3, -0.25) is 4.79 Å².